The largest absolute Gasteiger partial charge is 1.00 e. The number of benzene rings is 1. The Morgan fingerprint density at radius 1 is 1.12 bits per heavy atom. The summed E-state index contributed by atoms with van der Waals surface area (Å²) in [4.78, 5) is 17.2. The summed E-state index contributed by atoms with van der Waals surface area (Å²) in [5.41, 5.74) is 1.10. The maximum absolute atomic E-state index is 10.6. The second kappa shape index (κ2) is 7.68. The summed E-state index contributed by atoms with van der Waals surface area (Å²) in [5, 5.41) is 0. The number of rotatable bonds is 2. The minimum atomic E-state index is -4.44. The smallest absolute Gasteiger partial charge is 1.00 e. The predicted octanol–water partition coefficient (Wildman–Crippen LogP) is -3.31. The molecule has 0 unspecified atom stereocenters. The Hall–Kier alpha value is 1.17. The van der Waals surface area contributed by atoms with Crippen LogP contribution in [0.1, 0.15) is 29.2 Å². The predicted molar refractivity (Wildman–Crippen MR) is 60.0 cm³/mol. The summed E-state index contributed by atoms with van der Waals surface area (Å²) in [6.45, 7) is 6.18. The first-order valence-electron chi connectivity index (χ1n) is 4.54. The van der Waals surface area contributed by atoms with Crippen LogP contribution in [0.3, 0.4) is 0 Å². The van der Waals surface area contributed by atoms with Crippen molar-refractivity contribution < 1.29 is 80.8 Å². The molecule has 0 aliphatic rings. The third-order valence-electron chi connectivity index (χ3n) is 1.94. The van der Waals surface area contributed by atoms with Gasteiger partial charge in [0.2, 0.25) is 0 Å². The Balaban J connectivity index is -0.000000281. The summed E-state index contributed by atoms with van der Waals surface area (Å²) >= 11 is 0. The van der Waals surface area contributed by atoms with E-state index in [1.54, 1.807) is 24.3 Å². The standard InChI is InChI=1S/C10H15O4P.2Na.2H/c1-10(2,3)8-4-6-9(7-5-8)14-15(11,12)13;;;;/h4-7H,1-3H3,(H2,11,12,13);;;;/q;2*+1;2*-1. The maximum atomic E-state index is 10.6. The molecule has 0 spiro atoms. The molecule has 1 aromatic rings. The van der Waals surface area contributed by atoms with Gasteiger partial charge in [0.15, 0.2) is 0 Å². The molecule has 17 heavy (non-hydrogen) atoms. The molecule has 0 amide bonds. The molecule has 0 atom stereocenters. The summed E-state index contributed by atoms with van der Waals surface area (Å²) in [5.74, 6) is 0.177. The molecule has 0 fully saturated rings. The molecule has 0 radical (unpaired) electrons. The van der Waals surface area contributed by atoms with Gasteiger partial charge in [0.05, 0.1) is 0 Å². The minimum Gasteiger partial charge on any atom is -1.00 e. The van der Waals surface area contributed by atoms with Crippen LogP contribution >= 0.6 is 7.82 Å². The Morgan fingerprint density at radius 2 is 1.53 bits per heavy atom. The van der Waals surface area contributed by atoms with Crippen molar-refractivity contribution in [1.82, 2.24) is 0 Å². The zero-order chi connectivity index (χ0) is 11.7. The molecule has 2 N–H and O–H groups in total. The van der Waals surface area contributed by atoms with Crippen LogP contribution in [0.15, 0.2) is 24.3 Å². The van der Waals surface area contributed by atoms with Crippen LogP contribution in [0.2, 0.25) is 0 Å². The van der Waals surface area contributed by atoms with Crippen molar-refractivity contribution in [3.63, 3.8) is 0 Å². The van der Waals surface area contributed by atoms with Crippen LogP contribution < -0.4 is 63.6 Å². The van der Waals surface area contributed by atoms with Gasteiger partial charge in [-0.05, 0) is 23.1 Å². The van der Waals surface area contributed by atoms with Gasteiger partial charge in [-0.1, -0.05) is 32.9 Å². The Labute approximate surface area is 149 Å². The molecule has 0 saturated heterocycles. The van der Waals surface area contributed by atoms with Crippen LogP contribution in [0.4, 0.5) is 0 Å². The van der Waals surface area contributed by atoms with Gasteiger partial charge in [-0.25, -0.2) is 4.57 Å². The molecule has 0 saturated carbocycles. The molecule has 0 aromatic heterocycles. The van der Waals surface area contributed by atoms with Crippen molar-refractivity contribution >= 4 is 7.82 Å². The molecule has 7 heteroatoms. The van der Waals surface area contributed by atoms with Gasteiger partial charge in [0, 0.05) is 0 Å². The molecule has 4 nitrogen and oxygen atoms in total. The summed E-state index contributed by atoms with van der Waals surface area (Å²) in [6, 6.07) is 6.70. The molecule has 1 rings (SSSR count). The summed E-state index contributed by atoms with van der Waals surface area (Å²) in [6.07, 6.45) is 0. The molecule has 88 valence electrons. The van der Waals surface area contributed by atoms with Crippen molar-refractivity contribution in [3.05, 3.63) is 29.8 Å². The fraction of sp³-hybridized carbons (Fsp3) is 0.400. The third-order valence-corrected chi connectivity index (χ3v) is 2.39. The van der Waals surface area contributed by atoms with E-state index in [9.17, 15) is 4.57 Å². The Bertz CT molecular complexity index is 390. The zero-order valence-corrected chi connectivity index (χ0v) is 15.9. The van der Waals surface area contributed by atoms with Crippen LogP contribution in [0, 0.1) is 0 Å². The van der Waals surface area contributed by atoms with Crippen LogP contribution in [0.25, 0.3) is 0 Å². The molecule has 0 aliphatic carbocycles. The van der Waals surface area contributed by atoms with Gasteiger partial charge in [0.25, 0.3) is 0 Å². The van der Waals surface area contributed by atoms with Crippen LogP contribution in [-0.2, 0) is 9.98 Å². The first-order chi connectivity index (χ1) is 6.68. The number of hydrogen-bond donors (Lipinski definition) is 2. The fourth-order valence-electron chi connectivity index (χ4n) is 1.15. The SMILES string of the molecule is CC(C)(C)c1ccc(OP(=O)(O)O)cc1.[H-].[H-].[Na+].[Na+]. The van der Waals surface area contributed by atoms with Gasteiger partial charge < -0.3 is 7.38 Å². The van der Waals surface area contributed by atoms with E-state index >= 15 is 0 Å². The van der Waals surface area contributed by atoms with E-state index in [4.69, 9.17) is 9.79 Å². The monoisotopic (exact) mass is 278 g/mol. The summed E-state index contributed by atoms with van der Waals surface area (Å²) < 4.78 is 15.0. The van der Waals surface area contributed by atoms with E-state index in [1.165, 1.54) is 0 Å². The van der Waals surface area contributed by atoms with E-state index < -0.39 is 7.82 Å². The van der Waals surface area contributed by atoms with Gasteiger partial charge in [-0.15, -0.1) is 0 Å². The molecular formula is C10H17Na2O4P. The fourth-order valence-corrected chi connectivity index (χ4v) is 1.55. The van der Waals surface area contributed by atoms with E-state index in [-0.39, 0.29) is 73.1 Å². The van der Waals surface area contributed by atoms with Crippen molar-refractivity contribution in [3.8, 4) is 5.75 Å². The van der Waals surface area contributed by atoms with Gasteiger partial charge >= 0.3 is 66.9 Å². The maximum Gasteiger partial charge on any atom is 1.00 e. The van der Waals surface area contributed by atoms with E-state index in [1.807, 2.05) is 0 Å². The van der Waals surface area contributed by atoms with Gasteiger partial charge in [-0.2, -0.15) is 0 Å². The quantitative estimate of drug-likeness (QED) is 0.439. The molecule has 1 aromatic carbocycles. The molecule has 0 aliphatic heterocycles. The normalized spacial score (nSPS) is 11.1. The third kappa shape index (κ3) is 8.04. The topological polar surface area (TPSA) is 66.8 Å². The van der Waals surface area contributed by atoms with Crippen molar-refractivity contribution in [2.75, 3.05) is 0 Å². The van der Waals surface area contributed by atoms with Crippen molar-refractivity contribution in [1.29, 1.82) is 0 Å². The van der Waals surface area contributed by atoms with E-state index in [0.717, 1.165) is 5.56 Å². The van der Waals surface area contributed by atoms with Crippen molar-refractivity contribution in [2.45, 2.75) is 26.2 Å². The summed E-state index contributed by atoms with van der Waals surface area (Å²) in [7, 11) is -4.44. The Morgan fingerprint density at radius 3 is 1.82 bits per heavy atom. The van der Waals surface area contributed by atoms with Crippen LogP contribution in [0.5, 0.6) is 5.75 Å². The van der Waals surface area contributed by atoms with Gasteiger partial charge in [0.1, 0.15) is 5.75 Å². The van der Waals surface area contributed by atoms with E-state index in [0.29, 0.717) is 0 Å². The molecule has 0 bridgehead atoms. The molecule has 0 heterocycles. The average molecular weight is 278 g/mol. The second-order valence-corrected chi connectivity index (χ2v) is 5.52. The first kappa shape index (κ1) is 20.5. The number of hydrogen-bond acceptors (Lipinski definition) is 2. The van der Waals surface area contributed by atoms with E-state index in [2.05, 4.69) is 25.3 Å². The molecular weight excluding hydrogens is 261 g/mol. The second-order valence-electron chi connectivity index (χ2n) is 4.36. The average Bonchev–Trinajstić information content (AvgIpc) is 2.00. The Kier molecular flexibility index (Phi) is 9.26. The minimum absolute atomic E-state index is 0. The first-order valence-corrected chi connectivity index (χ1v) is 6.07. The van der Waals surface area contributed by atoms with Crippen LogP contribution in [-0.4, -0.2) is 9.79 Å². The number of phosphoric ester groups is 1. The number of phosphoric acid groups is 1. The van der Waals surface area contributed by atoms with Gasteiger partial charge in [-0.3, -0.25) is 9.79 Å². The zero-order valence-electron chi connectivity index (χ0n) is 13.0. The van der Waals surface area contributed by atoms with Crippen molar-refractivity contribution in [2.24, 2.45) is 0 Å².